The van der Waals surface area contributed by atoms with E-state index in [2.05, 4.69) is 37.1 Å². The third-order valence-electron chi connectivity index (χ3n) is 6.78. The molecular weight excluding hydrogens is 455 g/mol. The standard InChI is InChI=1S/C24H27FN6O2S/c1-16(31-13-24(14-31)10-18(25)11-24)17-5-6-22(27-12-17)30-23-9-19(28-15-29-23)8-20-21(34(2,32)33)4-3-7-26-20/h3-7,9,12,15-16,18H,8,10-11,13-14H2,1-2H3,(H,27,28,29,30). The van der Waals surface area contributed by atoms with Gasteiger partial charge in [0.05, 0.1) is 16.3 Å². The molecule has 3 aromatic heterocycles. The van der Waals surface area contributed by atoms with Crippen LogP contribution in [0.25, 0.3) is 0 Å². The topological polar surface area (TPSA) is 101 Å². The quantitative estimate of drug-likeness (QED) is 0.546. The molecule has 1 saturated carbocycles. The average Bonchev–Trinajstić information content (AvgIpc) is 2.75. The Morgan fingerprint density at radius 3 is 2.62 bits per heavy atom. The van der Waals surface area contributed by atoms with Gasteiger partial charge in [-0.15, -0.1) is 0 Å². The molecule has 178 valence electrons. The van der Waals surface area contributed by atoms with Crippen molar-refractivity contribution in [2.75, 3.05) is 24.7 Å². The molecule has 3 aromatic rings. The average molecular weight is 483 g/mol. The first-order valence-electron chi connectivity index (χ1n) is 11.3. The van der Waals surface area contributed by atoms with Crippen LogP contribution < -0.4 is 5.32 Å². The van der Waals surface area contributed by atoms with Crippen LogP contribution in [0.2, 0.25) is 0 Å². The summed E-state index contributed by atoms with van der Waals surface area (Å²) < 4.78 is 37.3. The molecule has 10 heteroatoms. The molecule has 1 unspecified atom stereocenters. The molecule has 0 aromatic carbocycles. The van der Waals surface area contributed by atoms with Gasteiger partial charge >= 0.3 is 0 Å². The summed E-state index contributed by atoms with van der Waals surface area (Å²) in [5, 5.41) is 3.18. The van der Waals surface area contributed by atoms with Crippen molar-refractivity contribution in [1.29, 1.82) is 0 Å². The lowest BCUT2D eigenvalue weighted by molar-refractivity contribution is -0.117. The number of pyridine rings is 2. The van der Waals surface area contributed by atoms with Crippen LogP contribution in [0.3, 0.4) is 0 Å². The number of hydrogen-bond acceptors (Lipinski definition) is 8. The highest BCUT2D eigenvalue weighted by molar-refractivity contribution is 7.90. The predicted octanol–water partition coefficient (Wildman–Crippen LogP) is 3.50. The highest BCUT2D eigenvalue weighted by Crippen LogP contribution is 2.51. The lowest BCUT2D eigenvalue weighted by Gasteiger charge is -2.59. The van der Waals surface area contributed by atoms with E-state index in [1.54, 1.807) is 24.4 Å². The van der Waals surface area contributed by atoms with Gasteiger partial charge in [0.15, 0.2) is 9.84 Å². The fourth-order valence-electron chi connectivity index (χ4n) is 4.92. The molecule has 34 heavy (non-hydrogen) atoms. The van der Waals surface area contributed by atoms with Crippen molar-refractivity contribution in [2.24, 2.45) is 5.41 Å². The normalized spacial score (nSPS) is 18.8. The zero-order valence-electron chi connectivity index (χ0n) is 19.1. The smallest absolute Gasteiger partial charge is 0.177 e. The Labute approximate surface area is 198 Å². The number of nitrogens with zero attached hydrogens (tertiary/aromatic N) is 5. The molecule has 0 amide bonds. The van der Waals surface area contributed by atoms with Crippen LogP contribution in [0.4, 0.5) is 16.0 Å². The number of alkyl halides is 1. The number of sulfone groups is 1. The Kier molecular flexibility index (Phi) is 5.81. The summed E-state index contributed by atoms with van der Waals surface area (Å²) in [6.45, 7) is 4.06. The van der Waals surface area contributed by atoms with Gasteiger partial charge in [-0.3, -0.25) is 9.88 Å². The van der Waals surface area contributed by atoms with Gasteiger partial charge in [0.25, 0.3) is 0 Å². The summed E-state index contributed by atoms with van der Waals surface area (Å²) in [6.07, 6.45) is 7.08. The number of hydrogen-bond donors (Lipinski definition) is 1. The number of nitrogens with one attached hydrogen (secondary N) is 1. The van der Waals surface area contributed by atoms with E-state index in [0.29, 0.717) is 35.9 Å². The highest BCUT2D eigenvalue weighted by atomic mass is 32.2. The minimum absolute atomic E-state index is 0.199. The summed E-state index contributed by atoms with van der Waals surface area (Å²) in [4.78, 5) is 19.8. The van der Waals surface area contributed by atoms with E-state index in [1.807, 2.05) is 18.3 Å². The molecule has 1 spiro atoms. The zero-order chi connectivity index (χ0) is 23.9. The number of aromatic nitrogens is 4. The SMILES string of the molecule is CC(c1ccc(Nc2cc(Cc3ncccc3S(C)(=O)=O)ncn2)nc1)N1CC2(CC(F)C2)C1. The third kappa shape index (κ3) is 4.65. The van der Waals surface area contributed by atoms with E-state index in [-0.39, 0.29) is 22.8 Å². The first-order chi connectivity index (χ1) is 16.2. The van der Waals surface area contributed by atoms with E-state index >= 15 is 0 Å². The van der Waals surface area contributed by atoms with Gasteiger partial charge in [-0.1, -0.05) is 6.07 Å². The molecule has 2 fully saturated rings. The summed E-state index contributed by atoms with van der Waals surface area (Å²) in [5.74, 6) is 1.21. The molecule has 5 rings (SSSR count). The van der Waals surface area contributed by atoms with Crippen molar-refractivity contribution in [1.82, 2.24) is 24.8 Å². The second-order valence-electron chi connectivity index (χ2n) is 9.48. The van der Waals surface area contributed by atoms with E-state index < -0.39 is 16.0 Å². The maximum absolute atomic E-state index is 13.2. The minimum atomic E-state index is -3.39. The lowest BCUT2D eigenvalue weighted by Crippen LogP contribution is -2.63. The zero-order valence-corrected chi connectivity index (χ0v) is 20.0. The van der Waals surface area contributed by atoms with Crippen molar-refractivity contribution in [3.05, 3.63) is 66.0 Å². The van der Waals surface area contributed by atoms with E-state index in [4.69, 9.17) is 0 Å². The van der Waals surface area contributed by atoms with Gasteiger partial charge in [0.1, 0.15) is 24.1 Å². The largest absolute Gasteiger partial charge is 0.325 e. The first kappa shape index (κ1) is 22.8. The van der Waals surface area contributed by atoms with Gasteiger partial charge in [-0.2, -0.15) is 0 Å². The van der Waals surface area contributed by atoms with E-state index in [0.717, 1.165) is 18.7 Å². The Morgan fingerprint density at radius 2 is 1.94 bits per heavy atom. The van der Waals surface area contributed by atoms with Gasteiger partial charge in [0.2, 0.25) is 0 Å². The summed E-state index contributed by atoms with van der Waals surface area (Å²) >= 11 is 0. The maximum Gasteiger partial charge on any atom is 0.177 e. The van der Waals surface area contributed by atoms with Crippen LogP contribution in [0.15, 0.2) is 53.9 Å². The number of halogens is 1. The summed E-state index contributed by atoms with van der Waals surface area (Å²) in [7, 11) is -3.39. The van der Waals surface area contributed by atoms with Crippen LogP contribution >= 0.6 is 0 Å². The Bertz CT molecular complexity index is 1290. The Morgan fingerprint density at radius 1 is 1.15 bits per heavy atom. The molecule has 0 radical (unpaired) electrons. The van der Waals surface area contributed by atoms with Gasteiger partial charge in [-0.25, -0.2) is 27.8 Å². The first-order valence-corrected chi connectivity index (χ1v) is 13.2. The second-order valence-corrected chi connectivity index (χ2v) is 11.5. The molecular formula is C24H27FN6O2S. The highest BCUT2D eigenvalue weighted by Gasteiger charge is 2.53. The molecule has 1 saturated heterocycles. The molecule has 0 bridgehead atoms. The van der Waals surface area contributed by atoms with Gasteiger partial charge in [0, 0.05) is 55.7 Å². The Balaban J connectivity index is 1.23. The number of rotatable bonds is 7. The summed E-state index contributed by atoms with van der Waals surface area (Å²) in [5.41, 5.74) is 2.42. The second kappa shape index (κ2) is 8.66. The minimum Gasteiger partial charge on any atom is -0.325 e. The predicted molar refractivity (Wildman–Crippen MR) is 126 cm³/mol. The molecule has 1 N–H and O–H groups in total. The van der Waals surface area contributed by atoms with Crippen LogP contribution in [0.5, 0.6) is 0 Å². The van der Waals surface area contributed by atoms with Crippen LogP contribution in [0.1, 0.15) is 42.8 Å². The van der Waals surface area contributed by atoms with Crippen molar-refractivity contribution in [2.45, 2.75) is 43.3 Å². The van der Waals surface area contributed by atoms with Gasteiger partial charge in [-0.05, 0) is 43.5 Å². The maximum atomic E-state index is 13.2. The molecule has 1 aliphatic heterocycles. The van der Waals surface area contributed by atoms with E-state index in [1.165, 1.54) is 12.6 Å². The van der Waals surface area contributed by atoms with Crippen LogP contribution in [-0.2, 0) is 16.3 Å². The molecule has 1 atom stereocenters. The van der Waals surface area contributed by atoms with Crippen LogP contribution in [0, 0.1) is 5.41 Å². The van der Waals surface area contributed by atoms with Crippen molar-refractivity contribution in [3.63, 3.8) is 0 Å². The molecule has 8 nitrogen and oxygen atoms in total. The lowest BCUT2D eigenvalue weighted by atomic mass is 9.62. The molecule has 2 aliphatic rings. The van der Waals surface area contributed by atoms with Crippen LogP contribution in [-0.4, -0.2) is 58.8 Å². The van der Waals surface area contributed by atoms with Crippen molar-refractivity contribution < 1.29 is 12.8 Å². The fraction of sp³-hybridized carbons (Fsp3) is 0.417. The van der Waals surface area contributed by atoms with E-state index in [9.17, 15) is 12.8 Å². The fourth-order valence-corrected chi connectivity index (χ4v) is 5.80. The summed E-state index contributed by atoms with van der Waals surface area (Å²) in [6, 6.07) is 9.10. The molecule has 1 aliphatic carbocycles. The number of anilines is 2. The van der Waals surface area contributed by atoms with Gasteiger partial charge < -0.3 is 5.32 Å². The Hall–Kier alpha value is -2.98. The monoisotopic (exact) mass is 482 g/mol. The number of likely N-dealkylation sites (tertiary alicyclic amines) is 1. The molecule has 4 heterocycles. The third-order valence-corrected chi connectivity index (χ3v) is 7.95. The van der Waals surface area contributed by atoms with Crippen molar-refractivity contribution in [3.8, 4) is 0 Å². The van der Waals surface area contributed by atoms with Crippen molar-refractivity contribution >= 4 is 21.5 Å².